The molecule has 0 saturated carbocycles. The second-order valence-corrected chi connectivity index (χ2v) is 3.44. The number of carboxylic acid groups (broad SMARTS) is 1. The van der Waals surface area contributed by atoms with Crippen molar-refractivity contribution in [3.05, 3.63) is 0 Å². The highest BCUT2D eigenvalue weighted by atomic mass is 16.4. The molecule has 0 aromatic heterocycles. The summed E-state index contributed by atoms with van der Waals surface area (Å²) < 4.78 is 0. The summed E-state index contributed by atoms with van der Waals surface area (Å²) in [6.45, 7) is 2.03. The first-order chi connectivity index (χ1) is 6.52. The van der Waals surface area contributed by atoms with Gasteiger partial charge in [-0.25, -0.2) is 4.79 Å². The number of carbonyl (C=O) groups is 1. The molecule has 1 atom stereocenters. The highest BCUT2D eigenvalue weighted by Gasteiger charge is 2.34. The zero-order valence-corrected chi connectivity index (χ0v) is 9.35. The van der Waals surface area contributed by atoms with Crippen LogP contribution in [0.5, 0.6) is 0 Å². The first-order valence-corrected chi connectivity index (χ1v) is 4.81. The third-order valence-electron chi connectivity index (χ3n) is 2.66. The van der Waals surface area contributed by atoms with Crippen molar-refractivity contribution in [2.45, 2.75) is 31.5 Å². The average Bonchev–Trinajstić information content (AvgIpc) is 2.19. The Bertz CT molecular complexity index is 181. The van der Waals surface area contributed by atoms with Gasteiger partial charge < -0.3 is 10.4 Å². The van der Waals surface area contributed by atoms with Gasteiger partial charge in [0.1, 0.15) is 0 Å². The zero-order chi connectivity index (χ0) is 11.2. The molecular weight excluding hydrogens is 182 g/mol. The fourth-order valence-electron chi connectivity index (χ4n) is 1.27. The topological polar surface area (TPSA) is 73.4 Å². The van der Waals surface area contributed by atoms with E-state index in [1.165, 1.54) is 0 Å². The summed E-state index contributed by atoms with van der Waals surface area (Å²) >= 11 is 0. The second-order valence-electron chi connectivity index (χ2n) is 3.44. The third kappa shape index (κ3) is 3.25. The van der Waals surface area contributed by atoms with Crippen LogP contribution in [0, 0.1) is 0 Å². The Morgan fingerprint density at radius 2 is 1.86 bits per heavy atom. The zero-order valence-electron chi connectivity index (χ0n) is 9.35. The fourth-order valence-corrected chi connectivity index (χ4v) is 1.27. The Hall–Kier alpha value is -0.650. The van der Waals surface area contributed by atoms with Gasteiger partial charge in [0, 0.05) is 6.04 Å². The molecule has 0 aliphatic rings. The van der Waals surface area contributed by atoms with E-state index in [2.05, 4.69) is 16.0 Å². The van der Waals surface area contributed by atoms with E-state index >= 15 is 0 Å². The molecule has 0 amide bonds. The van der Waals surface area contributed by atoms with Crippen molar-refractivity contribution < 1.29 is 9.90 Å². The van der Waals surface area contributed by atoms with E-state index in [1.54, 1.807) is 14.1 Å². The Kier molecular flexibility index (Phi) is 5.68. The van der Waals surface area contributed by atoms with Crippen molar-refractivity contribution in [2.24, 2.45) is 0 Å². The summed E-state index contributed by atoms with van der Waals surface area (Å²) in [5, 5.41) is 17.8. The molecule has 14 heavy (non-hydrogen) atoms. The summed E-state index contributed by atoms with van der Waals surface area (Å²) in [7, 11) is 5.16. The van der Waals surface area contributed by atoms with E-state index in [1.807, 2.05) is 14.0 Å². The molecule has 0 aliphatic heterocycles. The van der Waals surface area contributed by atoms with Crippen LogP contribution in [0.15, 0.2) is 0 Å². The van der Waals surface area contributed by atoms with Gasteiger partial charge in [0.05, 0.1) is 0 Å². The lowest BCUT2D eigenvalue weighted by Gasteiger charge is -2.29. The van der Waals surface area contributed by atoms with E-state index in [0.717, 1.165) is 6.42 Å². The number of hydrogen-bond donors (Lipinski definition) is 4. The van der Waals surface area contributed by atoms with Gasteiger partial charge in [0.15, 0.2) is 5.66 Å². The van der Waals surface area contributed by atoms with Crippen molar-refractivity contribution in [3.8, 4) is 0 Å². The van der Waals surface area contributed by atoms with Crippen LogP contribution >= 0.6 is 0 Å². The molecule has 0 rings (SSSR count). The Morgan fingerprint density at radius 1 is 1.36 bits per heavy atom. The van der Waals surface area contributed by atoms with Crippen molar-refractivity contribution in [3.63, 3.8) is 0 Å². The summed E-state index contributed by atoms with van der Waals surface area (Å²) in [6, 6.07) is 0.315. The SMILES string of the molecule is CNC(C)CCC(NC)(NC)C(=O)O. The summed E-state index contributed by atoms with van der Waals surface area (Å²) in [4.78, 5) is 11.0. The van der Waals surface area contributed by atoms with Crippen LogP contribution < -0.4 is 16.0 Å². The maximum atomic E-state index is 11.0. The first kappa shape index (κ1) is 13.4. The molecule has 4 N–H and O–H groups in total. The summed E-state index contributed by atoms with van der Waals surface area (Å²) in [5.74, 6) is -0.870. The number of aliphatic carboxylic acids is 1. The Labute approximate surface area is 85.3 Å². The molecule has 1 unspecified atom stereocenters. The normalized spacial score (nSPS) is 14.0. The van der Waals surface area contributed by atoms with Crippen molar-refractivity contribution in [1.29, 1.82) is 0 Å². The van der Waals surface area contributed by atoms with Gasteiger partial charge in [-0.15, -0.1) is 0 Å². The smallest absolute Gasteiger partial charge is 0.338 e. The lowest BCUT2D eigenvalue weighted by atomic mass is 10.0. The predicted molar refractivity (Wildman–Crippen MR) is 56.2 cm³/mol. The van der Waals surface area contributed by atoms with Crippen LogP contribution in [-0.4, -0.2) is 43.9 Å². The van der Waals surface area contributed by atoms with E-state index in [9.17, 15) is 4.79 Å². The quantitative estimate of drug-likeness (QED) is 0.424. The van der Waals surface area contributed by atoms with Gasteiger partial charge in [-0.1, -0.05) is 0 Å². The first-order valence-electron chi connectivity index (χ1n) is 4.81. The summed E-state index contributed by atoms with van der Waals surface area (Å²) in [5.41, 5.74) is -1.01. The van der Waals surface area contributed by atoms with Gasteiger partial charge in [-0.3, -0.25) is 10.6 Å². The van der Waals surface area contributed by atoms with Crippen LogP contribution in [-0.2, 0) is 4.79 Å². The lowest BCUT2D eigenvalue weighted by molar-refractivity contribution is -0.146. The van der Waals surface area contributed by atoms with Crippen LogP contribution in [0.1, 0.15) is 19.8 Å². The molecule has 0 radical (unpaired) electrons. The van der Waals surface area contributed by atoms with Crippen molar-refractivity contribution in [2.75, 3.05) is 21.1 Å². The summed E-state index contributed by atoms with van der Waals surface area (Å²) in [6.07, 6.45) is 1.34. The van der Waals surface area contributed by atoms with Gasteiger partial charge >= 0.3 is 5.97 Å². The number of rotatable bonds is 7. The van der Waals surface area contributed by atoms with Crippen LogP contribution in [0.4, 0.5) is 0 Å². The molecule has 84 valence electrons. The van der Waals surface area contributed by atoms with E-state index in [4.69, 9.17) is 5.11 Å². The number of hydrogen-bond acceptors (Lipinski definition) is 4. The van der Waals surface area contributed by atoms with Crippen molar-refractivity contribution >= 4 is 5.97 Å². The molecule has 0 saturated heterocycles. The Balaban J connectivity index is 4.29. The minimum absolute atomic E-state index is 0.315. The molecule has 5 heteroatoms. The minimum Gasteiger partial charge on any atom is -0.479 e. The van der Waals surface area contributed by atoms with Crippen LogP contribution in [0.3, 0.4) is 0 Å². The molecule has 0 fully saturated rings. The predicted octanol–water partition coefficient (Wildman–Crippen LogP) is -0.406. The molecule has 0 aromatic rings. The van der Waals surface area contributed by atoms with Gasteiger partial charge in [0.2, 0.25) is 0 Å². The van der Waals surface area contributed by atoms with Crippen LogP contribution in [0.25, 0.3) is 0 Å². The second kappa shape index (κ2) is 5.95. The largest absolute Gasteiger partial charge is 0.479 e. The molecule has 0 aliphatic carbocycles. The van der Waals surface area contributed by atoms with E-state index in [-0.39, 0.29) is 0 Å². The van der Waals surface area contributed by atoms with Crippen molar-refractivity contribution in [1.82, 2.24) is 16.0 Å². The fraction of sp³-hybridized carbons (Fsp3) is 0.889. The standard InChI is InChI=1S/C9H21N3O2/c1-7(10-2)5-6-9(11-3,12-4)8(13)14/h7,10-12H,5-6H2,1-4H3,(H,13,14). The Morgan fingerprint density at radius 3 is 2.14 bits per heavy atom. The van der Waals surface area contributed by atoms with Crippen LogP contribution in [0.2, 0.25) is 0 Å². The lowest BCUT2D eigenvalue weighted by Crippen LogP contribution is -2.60. The highest BCUT2D eigenvalue weighted by molar-refractivity contribution is 5.78. The molecule has 0 bridgehead atoms. The number of likely N-dealkylation sites (N-methyl/N-ethyl adjacent to an activating group) is 2. The molecule has 0 aromatic carbocycles. The maximum absolute atomic E-state index is 11.0. The highest BCUT2D eigenvalue weighted by Crippen LogP contribution is 2.10. The molecular formula is C9H21N3O2. The van der Waals surface area contributed by atoms with Gasteiger partial charge in [0.25, 0.3) is 0 Å². The average molecular weight is 203 g/mol. The number of nitrogens with one attached hydrogen (secondary N) is 3. The van der Waals surface area contributed by atoms with E-state index in [0.29, 0.717) is 12.5 Å². The van der Waals surface area contributed by atoms with E-state index < -0.39 is 11.6 Å². The third-order valence-corrected chi connectivity index (χ3v) is 2.66. The minimum atomic E-state index is -1.01. The van der Waals surface area contributed by atoms with Gasteiger partial charge in [-0.2, -0.15) is 0 Å². The van der Waals surface area contributed by atoms with Gasteiger partial charge in [-0.05, 0) is 40.9 Å². The number of carboxylic acids is 1. The molecule has 5 nitrogen and oxygen atoms in total. The molecule has 0 spiro atoms. The maximum Gasteiger partial charge on any atom is 0.338 e. The molecule has 0 heterocycles. The monoisotopic (exact) mass is 203 g/mol.